The Bertz CT molecular complexity index is 1030. The van der Waals surface area contributed by atoms with Crippen LogP contribution >= 0.6 is 0 Å². The molecule has 0 N–H and O–H groups in total. The van der Waals surface area contributed by atoms with Crippen LogP contribution in [0.2, 0.25) is 0 Å². The number of hydrogen-bond acceptors (Lipinski definition) is 3. The molecule has 4 heteroatoms. The lowest BCUT2D eigenvalue weighted by Crippen LogP contribution is -2.30. The summed E-state index contributed by atoms with van der Waals surface area (Å²) in [4.78, 5) is 13.1. The lowest BCUT2D eigenvalue weighted by atomic mass is 9.89. The zero-order valence-corrected chi connectivity index (χ0v) is 15.1. The molecule has 2 atom stereocenters. The fourth-order valence-corrected chi connectivity index (χ4v) is 3.73. The number of rotatable bonds is 5. The Morgan fingerprint density at radius 2 is 1.54 bits per heavy atom. The van der Waals surface area contributed by atoms with Crippen LogP contribution in [0.1, 0.15) is 28.7 Å². The maximum absolute atomic E-state index is 16.1. The van der Waals surface area contributed by atoms with E-state index >= 15 is 4.39 Å². The Labute approximate surface area is 163 Å². The van der Waals surface area contributed by atoms with Crippen molar-refractivity contribution in [1.82, 2.24) is 0 Å². The minimum Gasteiger partial charge on any atom is -0.460 e. The molecule has 1 aliphatic carbocycles. The number of alkyl halides is 1. The Morgan fingerprint density at radius 3 is 2.14 bits per heavy atom. The van der Waals surface area contributed by atoms with Crippen molar-refractivity contribution in [3.8, 4) is 6.07 Å². The molecule has 0 aliphatic heterocycles. The number of halogens is 1. The fraction of sp³-hybridized carbons (Fsp3) is 0.167. The van der Waals surface area contributed by atoms with Gasteiger partial charge >= 0.3 is 5.97 Å². The highest BCUT2D eigenvalue weighted by Gasteiger charge is 2.76. The number of esters is 1. The van der Waals surface area contributed by atoms with Gasteiger partial charge in [0.15, 0.2) is 5.67 Å². The largest absolute Gasteiger partial charge is 0.460 e. The third-order valence-electron chi connectivity index (χ3n) is 5.36. The van der Waals surface area contributed by atoms with E-state index < -0.39 is 17.1 Å². The van der Waals surface area contributed by atoms with Gasteiger partial charge in [-0.25, -0.2) is 4.39 Å². The van der Waals surface area contributed by atoms with Crippen molar-refractivity contribution < 1.29 is 13.9 Å². The molecule has 1 aliphatic rings. The van der Waals surface area contributed by atoms with Gasteiger partial charge in [0.25, 0.3) is 0 Å². The van der Waals surface area contributed by atoms with Gasteiger partial charge in [-0.2, -0.15) is 5.26 Å². The summed E-state index contributed by atoms with van der Waals surface area (Å²) in [6, 6.07) is 26.6. The first-order valence-electron chi connectivity index (χ1n) is 9.06. The molecule has 1 saturated carbocycles. The SMILES string of the molecule is N#Cc1ccc([C@]2(F)C[C@]2(C(=O)OCc2ccccc2)c2ccccc2)cc1. The van der Waals surface area contributed by atoms with Gasteiger partial charge in [0.2, 0.25) is 0 Å². The Hall–Kier alpha value is -3.45. The van der Waals surface area contributed by atoms with Gasteiger partial charge in [0.05, 0.1) is 11.6 Å². The summed E-state index contributed by atoms with van der Waals surface area (Å²) >= 11 is 0. The number of nitrogens with zero attached hydrogens (tertiary/aromatic N) is 1. The van der Waals surface area contributed by atoms with Gasteiger partial charge in [-0.3, -0.25) is 4.79 Å². The molecule has 4 rings (SSSR count). The summed E-state index contributed by atoms with van der Waals surface area (Å²) in [5, 5.41) is 8.98. The van der Waals surface area contributed by atoms with E-state index in [4.69, 9.17) is 10.00 Å². The maximum Gasteiger partial charge on any atom is 0.320 e. The van der Waals surface area contributed by atoms with E-state index in [2.05, 4.69) is 0 Å². The van der Waals surface area contributed by atoms with Crippen LogP contribution in [0.15, 0.2) is 84.9 Å². The highest BCUT2D eigenvalue weighted by Crippen LogP contribution is 2.67. The molecule has 0 aromatic heterocycles. The highest BCUT2D eigenvalue weighted by atomic mass is 19.1. The number of benzene rings is 3. The molecule has 3 aromatic carbocycles. The molecule has 138 valence electrons. The van der Waals surface area contributed by atoms with Crippen LogP contribution in [0.4, 0.5) is 4.39 Å². The second-order valence-electron chi connectivity index (χ2n) is 7.00. The number of ether oxygens (including phenoxy) is 1. The van der Waals surface area contributed by atoms with E-state index in [1.807, 2.05) is 42.5 Å². The van der Waals surface area contributed by atoms with Gasteiger partial charge in [-0.1, -0.05) is 72.8 Å². The van der Waals surface area contributed by atoms with E-state index in [9.17, 15) is 4.79 Å². The molecule has 1 fully saturated rings. The third kappa shape index (κ3) is 2.86. The van der Waals surface area contributed by atoms with Gasteiger partial charge in [0.1, 0.15) is 12.0 Å². The van der Waals surface area contributed by atoms with Crippen molar-refractivity contribution in [2.75, 3.05) is 0 Å². The molecule has 0 radical (unpaired) electrons. The van der Waals surface area contributed by atoms with Crippen molar-refractivity contribution in [3.05, 3.63) is 107 Å². The van der Waals surface area contributed by atoms with Gasteiger partial charge in [0, 0.05) is 6.42 Å². The van der Waals surface area contributed by atoms with Crippen LogP contribution in [0.3, 0.4) is 0 Å². The lowest BCUT2D eigenvalue weighted by Gasteiger charge is -2.20. The zero-order valence-electron chi connectivity index (χ0n) is 15.1. The van der Waals surface area contributed by atoms with Crippen LogP contribution in [0.5, 0.6) is 0 Å². The molecule has 0 saturated heterocycles. The minimum absolute atomic E-state index is 0.0174. The molecule has 0 heterocycles. The number of nitriles is 1. The Balaban J connectivity index is 1.67. The molecule has 0 spiro atoms. The summed E-state index contributed by atoms with van der Waals surface area (Å²) in [5.41, 5.74) is -0.965. The van der Waals surface area contributed by atoms with Crippen LogP contribution in [0, 0.1) is 11.3 Å². The van der Waals surface area contributed by atoms with Crippen molar-refractivity contribution >= 4 is 5.97 Å². The first-order valence-corrected chi connectivity index (χ1v) is 9.06. The van der Waals surface area contributed by atoms with Gasteiger partial charge < -0.3 is 4.74 Å². The molecule has 28 heavy (non-hydrogen) atoms. The predicted molar refractivity (Wildman–Crippen MR) is 103 cm³/mol. The standard InChI is InChI=1S/C24H18FNO2/c25-24(21-13-11-18(15-26)12-14-21)17-23(24,20-9-5-2-6-10-20)22(27)28-16-19-7-3-1-4-8-19/h1-14H,16-17H2/t23-,24-/m1/s1. The second-order valence-corrected chi connectivity index (χ2v) is 7.00. The summed E-state index contributed by atoms with van der Waals surface area (Å²) in [5.74, 6) is -0.575. The van der Waals surface area contributed by atoms with Crippen molar-refractivity contribution in [3.63, 3.8) is 0 Å². The van der Waals surface area contributed by atoms with E-state index in [0.29, 0.717) is 16.7 Å². The normalized spacial score (nSPS) is 22.9. The average Bonchev–Trinajstić information content (AvgIpc) is 3.42. The molecule has 3 aromatic rings. The van der Waals surface area contributed by atoms with Gasteiger partial charge in [-0.15, -0.1) is 0 Å². The summed E-state index contributed by atoms with van der Waals surface area (Å²) in [6.45, 7) is 0.0949. The van der Waals surface area contributed by atoms with E-state index in [1.165, 1.54) is 0 Å². The summed E-state index contributed by atoms with van der Waals surface area (Å²) in [6.07, 6.45) is 0.0174. The lowest BCUT2D eigenvalue weighted by molar-refractivity contribution is -0.149. The van der Waals surface area contributed by atoms with Crippen LogP contribution < -0.4 is 0 Å². The quantitative estimate of drug-likeness (QED) is 0.605. The molecule has 0 bridgehead atoms. The zero-order chi connectivity index (χ0) is 19.6. The summed E-state index contributed by atoms with van der Waals surface area (Å²) in [7, 11) is 0. The first kappa shape index (κ1) is 17.9. The Morgan fingerprint density at radius 1 is 0.929 bits per heavy atom. The number of hydrogen-bond donors (Lipinski definition) is 0. The predicted octanol–water partition coefficient (Wildman–Crippen LogP) is 4.81. The van der Waals surface area contributed by atoms with Crippen LogP contribution in [0.25, 0.3) is 0 Å². The summed E-state index contributed by atoms with van der Waals surface area (Å²) < 4.78 is 21.6. The van der Waals surface area contributed by atoms with E-state index in [1.54, 1.807) is 48.5 Å². The number of carbonyl (C=O) groups excluding carboxylic acids is 1. The van der Waals surface area contributed by atoms with Crippen molar-refractivity contribution in [2.45, 2.75) is 24.1 Å². The minimum atomic E-state index is -1.86. The average molecular weight is 371 g/mol. The Kier molecular flexibility index (Phi) is 4.44. The van der Waals surface area contributed by atoms with E-state index in [0.717, 1.165) is 5.56 Å². The first-order chi connectivity index (χ1) is 13.6. The van der Waals surface area contributed by atoms with Gasteiger partial charge in [-0.05, 0) is 28.8 Å². The fourth-order valence-electron chi connectivity index (χ4n) is 3.73. The molecular weight excluding hydrogens is 353 g/mol. The maximum atomic E-state index is 16.1. The highest BCUT2D eigenvalue weighted by molar-refractivity contribution is 5.90. The molecule has 0 amide bonds. The van der Waals surface area contributed by atoms with Crippen molar-refractivity contribution in [1.29, 1.82) is 5.26 Å². The van der Waals surface area contributed by atoms with E-state index in [-0.39, 0.29) is 13.0 Å². The molecule has 0 unspecified atom stereocenters. The second kappa shape index (κ2) is 6.94. The number of carbonyl (C=O) groups is 1. The topological polar surface area (TPSA) is 50.1 Å². The molecular formula is C24H18FNO2. The monoisotopic (exact) mass is 371 g/mol. The molecule has 3 nitrogen and oxygen atoms in total. The third-order valence-corrected chi connectivity index (χ3v) is 5.36. The van der Waals surface area contributed by atoms with Crippen molar-refractivity contribution in [2.24, 2.45) is 0 Å². The smallest absolute Gasteiger partial charge is 0.320 e. The van der Waals surface area contributed by atoms with Crippen LogP contribution in [-0.4, -0.2) is 5.97 Å². The van der Waals surface area contributed by atoms with Crippen LogP contribution in [-0.2, 0) is 27.2 Å².